The molecule has 1 aliphatic heterocycles. The van der Waals surface area contributed by atoms with Crippen LogP contribution in [0, 0.1) is 6.92 Å². The molecule has 110 valence electrons. The molecule has 2 N–H and O–H groups in total. The highest BCUT2D eigenvalue weighted by atomic mass is 16.5. The second-order valence-electron chi connectivity index (χ2n) is 5.18. The molecule has 0 spiro atoms. The molecule has 1 aromatic heterocycles. The quantitative estimate of drug-likeness (QED) is 0.879. The van der Waals surface area contributed by atoms with Gasteiger partial charge in [0.05, 0.1) is 12.3 Å². The standard InChI is InChI=1S/C15H19N5O/c1-11-4-2-5-12(8-11)18-14-10-17-20-15(19-14)16-9-13-6-3-7-21-13/h2,4-5,8,10,13H,3,6-7,9H2,1H3,(H2,16,18,19,20). The van der Waals surface area contributed by atoms with E-state index >= 15 is 0 Å². The van der Waals surface area contributed by atoms with Crippen molar-refractivity contribution in [2.45, 2.75) is 25.9 Å². The second kappa shape index (κ2) is 6.49. The Kier molecular flexibility index (Phi) is 4.25. The van der Waals surface area contributed by atoms with E-state index in [1.54, 1.807) is 6.20 Å². The summed E-state index contributed by atoms with van der Waals surface area (Å²) in [6.45, 7) is 3.62. The maximum absolute atomic E-state index is 5.56. The molecular formula is C15H19N5O. The maximum atomic E-state index is 5.56. The van der Waals surface area contributed by atoms with E-state index in [-0.39, 0.29) is 6.10 Å². The van der Waals surface area contributed by atoms with Gasteiger partial charge in [0.1, 0.15) is 0 Å². The second-order valence-corrected chi connectivity index (χ2v) is 5.18. The summed E-state index contributed by atoms with van der Waals surface area (Å²) >= 11 is 0. The van der Waals surface area contributed by atoms with E-state index < -0.39 is 0 Å². The van der Waals surface area contributed by atoms with Crippen molar-refractivity contribution in [3.8, 4) is 0 Å². The molecule has 0 bridgehead atoms. The summed E-state index contributed by atoms with van der Waals surface area (Å²) in [5, 5.41) is 14.4. The van der Waals surface area contributed by atoms with Crippen molar-refractivity contribution in [3.05, 3.63) is 36.0 Å². The number of hydrogen-bond acceptors (Lipinski definition) is 6. The lowest BCUT2D eigenvalue weighted by Crippen LogP contribution is -2.20. The van der Waals surface area contributed by atoms with E-state index in [9.17, 15) is 0 Å². The van der Waals surface area contributed by atoms with Gasteiger partial charge < -0.3 is 15.4 Å². The minimum absolute atomic E-state index is 0.252. The lowest BCUT2D eigenvalue weighted by atomic mass is 10.2. The Morgan fingerprint density at radius 1 is 1.38 bits per heavy atom. The number of anilines is 3. The van der Waals surface area contributed by atoms with Crippen LogP contribution >= 0.6 is 0 Å². The largest absolute Gasteiger partial charge is 0.376 e. The first-order chi connectivity index (χ1) is 10.3. The zero-order valence-electron chi connectivity index (χ0n) is 12.0. The molecule has 6 nitrogen and oxygen atoms in total. The SMILES string of the molecule is Cc1cccc(Nc2cnnc(NCC3CCCO3)n2)c1. The van der Waals surface area contributed by atoms with Gasteiger partial charge in [0, 0.05) is 18.8 Å². The molecule has 2 aromatic rings. The summed E-state index contributed by atoms with van der Waals surface area (Å²) in [4.78, 5) is 4.41. The summed E-state index contributed by atoms with van der Waals surface area (Å²) in [5.41, 5.74) is 2.18. The highest BCUT2D eigenvalue weighted by Gasteiger charge is 2.15. The van der Waals surface area contributed by atoms with E-state index in [2.05, 4.69) is 44.9 Å². The van der Waals surface area contributed by atoms with Gasteiger partial charge in [0.2, 0.25) is 5.95 Å². The highest BCUT2D eigenvalue weighted by molar-refractivity contribution is 5.56. The maximum Gasteiger partial charge on any atom is 0.244 e. The fraction of sp³-hybridized carbons (Fsp3) is 0.400. The van der Waals surface area contributed by atoms with Gasteiger partial charge >= 0.3 is 0 Å². The van der Waals surface area contributed by atoms with E-state index in [4.69, 9.17) is 4.74 Å². The molecule has 0 radical (unpaired) electrons. The molecule has 1 aliphatic rings. The molecular weight excluding hydrogens is 266 g/mol. The van der Waals surface area contributed by atoms with Gasteiger partial charge in [-0.2, -0.15) is 10.1 Å². The van der Waals surface area contributed by atoms with Gasteiger partial charge in [-0.05, 0) is 37.5 Å². The van der Waals surface area contributed by atoms with Gasteiger partial charge in [0.15, 0.2) is 5.82 Å². The number of nitrogens with one attached hydrogen (secondary N) is 2. The number of nitrogens with zero attached hydrogens (tertiary/aromatic N) is 3. The molecule has 0 aliphatic carbocycles. The number of hydrogen-bond donors (Lipinski definition) is 2. The van der Waals surface area contributed by atoms with Crippen molar-refractivity contribution in [1.29, 1.82) is 0 Å². The smallest absolute Gasteiger partial charge is 0.244 e. The first kappa shape index (κ1) is 13.8. The Hall–Kier alpha value is -2.21. The molecule has 6 heteroatoms. The van der Waals surface area contributed by atoms with E-state index in [0.29, 0.717) is 11.8 Å². The van der Waals surface area contributed by atoms with Gasteiger partial charge in [-0.3, -0.25) is 0 Å². The molecule has 3 rings (SSSR count). The van der Waals surface area contributed by atoms with Crippen LogP contribution in [0.2, 0.25) is 0 Å². The summed E-state index contributed by atoms with van der Waals surface area (Å²) in [5.74, 6) is 1.19. The zero-order valence-corrected chi connectivity index (χ0v) is 12.0. The van der Waals surface area contributed by atoms with Crippen LogP contribution in [-0.2, 0) is 4.74 Å². The molecule has 2 heterocycles. The zero-order chi connectivity index (χ0) is 14.5. The molecule has 0 saturated carbocycles. The van der Waals surface area contributed by atoms with Crippen molar-refractivity contribution < 1.29 is 4.74 Å². The highest BCUT2D eigenvalue weighted by Crippen LogP contribution is 2.16. The molecule has 0 amide bonds. The predicted octanol–water partition coefficient (Wildman–Crippen LogP) is 2.51. The topological polar surface area (TPSA) is 72.0 Å². The summed E-state index contributed by atoms with van der Waals surface area (Å²) in [6.07, 6.45) is 4.07. The number of ether oxygens (including phenoxy) is 1. The molecule has 21 heavy (non-hydrogen) atoms. The summed E-state index contributed by atoms with van der Waals surface area (Å²) in [6, 6.07) is 8.11. The van der Waals surface area contributed by atoms with Crippen molar-refractivity contribution in [2.75, 3.05) is 23.8 Å². The van der Waals surface area contributed by atoms with Crippen LogP contribution in [0.4, 0.5) is 17.5 Å². The van der Waals surface area contributed by atoms with Crippen molar-refractivity contribution in [3.63, 3.8) is 0 Å². The van der Waals surface area contributed by atoms with Crippen LogP contribution in [0.15, 0.2) is 30.5 Å². The molecule has 1 fully saturated rings. The van der Waals surface area contributed by atoms with Crippen molar-refractivity contribution in [2.24, 2.45) is 0 Å². The van der Waals surface area contributed by atoms with Crippen molar-refractivity contribution >= 4 is 17.5 Å². The number of aryl methyl sites for hydroxylation is 1. The number of rotatable bonds is 5. The average molecular weight is 285 g/mol. The Morgan fingerprint density at radius 3 is 3.14 bits per heavy atom. The van der Waals surface area contributed by atoms with Crippen LogP contribution in [0.25, 0.3) is 0 Å². The van der Waals surface area contributed by atoms with Crippen LogP contribution in [0.1, 0.15) is 18.4 Å². The Bertz CT molecular complexity index is 598. The first-order valence-corrected chi connectivity index (χ1v) is 7.18. The third-order valence-corrected chi connectivity index (χ3v) is 3.36. The van der Waals surface area contributed by atoms with Gasteiger partial charge in [-0.25, -0.2) is 0 Å². The average Bonchev–Trinajstić information content (AvgIpc) is 2.99. The van der Waals surface area contributed by atoms with E-state index in [1.807, 2.05) is 12.1 Å². The predicted molar refractivity (Wildman–Crippen MR) is 81.8 cm³/mol. The Balaban J connectivity index is 1.62. The third kappa shape index (κ3) is 3.88. The van der Waals surface area contributed by atoms with Crippen LogP contribution in [0.5, 0.6) is 0 Å². The fourth-order valence-corrected chi connectivity index (χ4v) is 2.32. The van der Waals surface area contributed by atoms with Crippen molar-refractivity contribution in [1.82, 2.24) is 15.2 Å². The van der Waals surface area contributed by atoms with E-state index in [0.717, 1.165) is 31.7 Å². The normalized spacial score (nSPS) is 17.7. The molecule has 1 aromatic carbocycles. The number of benzene rings is 1. The first-order valence-electron chi connectivity index (χ1n) is 7.18. The molecule has 1 atom stereocenters. The summed E-state index contributed by atoms with van der Waals surface area (Å²) < 4.78 is 5.56. The summed E-state index contributed by atoms with van der Waals surface area (Å²) in [7, 11) is 0. The van der Waals surface area contributed by atoms with Crippen LogP contribution in [0.3, 0.4) is 0 Å². The number of aromatic nitrogens is 3. The fourth-order valence-electron chi connectivity index (χ4n) is 2.32. The van der Waals surface area contributed by atoms with Crippen LogP contribution in [-0.4, -0.2) is 34.4 Å². The minimum atomic E-state index is 0.252. The Morgan fingerprint density at radius 2 is 2.33 bits per heavy atom. The lowest BCUT2D eigenvalue weighted by Gasteiger charge is -2.11. The molecule has 1 saturated heterocycles. The molecule has 1 unspecified atom stereocenters. The van der Waals surface area contributed by atoms with E-state index in [1.165, 1.54) is 5.56 Å². The van der Waals surface area contributed by atoms with Gasteiger partial charge in [-0.1, -0.05) is 12.1 Å². The minimum Gasteiger partial charge on any atom is -0.376 e. The van der Waals surface area contributed by atoms with Crippen LogP contribution < -0.4 is 10.6 Å². The third-order valence-electron chi connectivity index (χ3n) is 3.36. The lowest BCUT2D eigenvalue weighted by molar-refractivity contribution is 0.120. The Labute approximate surface area is 124 Å². The van der Waals surface area contributed by atoms with Gasteiger partial charge in [0.25, 0.3) is 0 Å². The monoisotopic (exact) mass is 285 g/mol. The van der Waals surface area contributed by atoms with Gasteiger partial charge in [-0.15, -0.1) is 5.10 Å².